The Morgan fingerprint density at radius 2 is 2.31 bits per heavy atom. The third kappa shape index (κ3) is 3.15. The van der Waals surface area contributed by atoms with Gasteiger partial charge in [-0.15, -0.1) is 12.4 Å². The van der Waals surface area contributed by atoms with Gasteiger partial charge in [-0.2, -0.15) is 0 Å². The van der Waals surface area contributed by atoms with Crippen molar-refractivity contribution in [3.05, 3.63) is 23.8 Å². The number of nitrogens with two attached hydrogens (primary N) is 1. The molecule has 1 aliphatic carbocycles. The van der Waals surface area contributed by atoms with Gasteiger partial charge in [0.15, 0.2) is 0 Å². The number of amides is 1. The molecule has 88 valence electrons. The van der Waals surface area contributed by atoms with Crippen LogP contribution in [0.2, 0.25) is 0 Å². The zero-order valence-corrected chi connectivity index (χ0v) is 9.67. The van der Waals surface area contributed by atoms with E-state index in [0.717, 1.165) is 18.7 Å². The van der Waals surface area contributed by atoms with Crippen molar-refractivity contribution in [2.75, 3.05) is 13.1 Å². The molecule has 0 atom stereocenters. The van der Waals surface area contributed by atoms with Crippen LogP contribution >= 0.6 is 12.4 Å². The van der Waals surface area contributed by atoms with Gasteiger partial charge in [-0.05, 0) is 18.9 Å². The molecule has 0 bridgehead atoms. The lowest BCUT2D eigenvalue weighted by molar-refractivity contribution is 0.0949. The molecule has 5 nitrogen and oxygen atoms in total. The summed E-state index contributed by atoms with van der Waals surface area (Å²) in [5, 5.41) is 2.68. The zero-order valence-electron chi connectivity index (χ0n) is 8.85. The summed E-state index contributed by atoms with van der Waals surface area (Å²) in [6, 6.07) is 1.62. The van der Waals surface area contributed by atoms with Crippen LogP contribution in [0.1, 0.15) is 35.1 Å². The van der Waals surface area contributed by atoms with Crippen LogP contribution in [0.4, 0.5) is 0 Å². The zero-order chi connectivity index (χ0) is 10.7. The standard InChI is InChI=1S/C10H14N4O.ClH/c11-4-6-13-10(15)8-3-5-12-9(14-8)7-1-2-7;/h3,5,7H,1-2,4,6,11H2,(H,13,15);1H. The summed E-state index contributed by atoms with van der Waals surface area (Å²) in [4.78, 5) is 19.9. The average Bonchev–Trinajstić information content (AvgIpc) is 3.10. The maximum atomic E-state index is 11.5. The van der Waals surface area contributed by atoms with Crippen molar-refractivity contribution in [3.8, 4) is 0 Å². The maximum Gasteiger partial charge on any atom is 0.270 e. The van der Waals surface area contributed by atoms with E-state index >= 15 is 0 Å². The fraction of sp³-hybridized carbons (Fsp3) is 0.500. The van der Waals surface area contributed by atoms with Crippen LogP contribution in [0.25, 0.3) is 0 Å². The first-order valence-corrected chi connectivity index (χ1v) is 5.12. The molecule has 1 amide bonds. The number of hydrogen-bond donors (Lipinski definition) is 2. The van der Waals surface area contributed by atoms with E-state index in [4.69, 9.17) is 5.73 Å². The third-order valence-corrected chi connectivity index (χ3v) is 2.28. The maximum absolute atomic E-state index is 11.5. The summed E-state index contributed by atoms with van der Waals surface area (Å²) in [7, 11) is 0. The van der Waals surface area contributed by atoms with Crippen molar-refractivity contribution in [2.45, 2.75) is 18.8 Å². The molecule has 1 heterocycles. The van der Waals surface area contributed by atoms with Gasteiger partial charge in [0, 0.05) is 25.2 Å². The van der Waals surface area contributed by atoms with Gasteiger partial charge in [0.2, 0.25) is 0 Å². The molecule has 1 fully saturated rings. The lowest BCUT2D eigenvalue weighted by Crippen LogP contribution is -2.29. The van der Waals surface area contributed by atoms with Gasteiger partial charge in [-0.3, -0.25) is 4.79 Å². The van der Waals surface area contributed by atoms with E-state index in [9.17, 15) is 4.79 Å². The third-order valence-electron chi connectivity index (χ3n) is 2.28. The number of rotatable bonds is 4. The number of nitrogens with zero attached hydrogens (tertiary/aromatic N) is 2. The predicted molar refractivity (Wildman–Crippen MR) is 62.6 cm³/mol. The van der Waals surface area contributed by atoms with Crippen molar-refractivity contribution in [3.63, 3.8) is 0 Å². The van der Waals surface area contributed by atoms with Gasteiger partial charge >= 0.3 is 0 Å². The second kappa shape index (κ2) is 5.77. The summed E-state index contributed by atoms with van der Waals surface area (Å²) < 4.78 is 0. The van der Waals surface area contributed by atoms with E-state index < -0.39 is 0 Å². The Morgan fingerprint density at radius 1 is 1.56 bits per heavy atom. The number of aromatic nitrogens is 2. The minimum atomic E-state index is -0.176. The highest BCUT2D eigenvalue weighted by atomic mass is 35.5. The van der Waals surface area contributed by atoms with E-state index in [1.165, 1.54) is 0 Å². The first-order chi connectivity index (χ1) is 7.31. The molecular weight excluding hydrogens is 228 g/mol. The number of halogens is 1. The van der Waals surface area contributed by atoms with Crippen molar-refractivity contribution in [1.29, 1.82) is 0 Å². The van der Waals surface area contributed by atoms with E-state index in [1.807, 2.05) is 0 Å². The molecule has 1 aromatic rings. The summed E-state index contributed by atoms with van der Waals surface area (Å²) >= 11 is 0. The van der Waals surface area contributed by atoms with E-state index in [2.05, 4.69) is 15.3 Å². The van der Waals surface area contributed by atoms with Crippen molar-refractivity contribution in [1.82, 2.24) is 15.3 Å². The minimum Gasteiger partial charge on any atom is -0.349 e. The lowest BCUT2D eigenvalue weighted by atomic mass is 10.3. The molecule has 1 saturated carbocycles. The van der Waals surface area contributed by atoms with Crippen LogP contribution in [0.15, 0.2) is 12.3 Å². The molecule has 0 spiro atoms. The lowest BCUT2D eigenvalue weighted by Gasteiger charge is -2.03. The highest BCUT2D eigenvalue weighted by Crippen LogP contribution is 2.37. The van der Waals surface area contributed by atoms with Gasteiger partial charge in [-0.25, -0.2) is 9.97 Å². The molecule has 2 rings (SSSR count). The van der Waals surface area contributed by atoms with Crippen LogP contribution in [-0.4, -0.2) is 29.0 Å². The molecule has 1 aliphatic rings. The molecule has 6 heteroatoms. The molecule has 0 aromatic carbocycles. The summed E-state index contributed by atoms with van der Waals surface area (Å²) in [6.07, 6.45) is 3.90. The number of carbonyl (C=O) groups is 1. The number of carbonyl (C=O) groups excluding carboxylic acids is 1. The molecule has 0 aliphatic heterocycles. The fourth-order valence-electron chi connectivity index (χ4n) is 1.31. The number of hydrogen-bond acceptors (Lipinski definition) is 4. The van der Waals surface area contributed by atoms with Crippen LogP contribution in [0.3, 0.4) is 0 Å². The summed E-state index contributed by atoms with van der Waals surface area (Å²) in [6.45, 7) is 0.911. The van der Waals surface area contributed by atoms with Crippen LogP contribution in [0.5, 0.6) is 0 Å². The molecular formula is C10H15ClN4O. The van der Waals surface area contributed by atoms with E-state index in [0.29, 0.717) is 24.7 Å². The summed E-state index contributed by atoms with van der Waals surface area (Å²) in [5.74, 6) is 1.08. The van der Waals surface area contributed by atoms with E-state index in [1.54, 1.807) is 12.3 Å². The fourth-order valence-corrected chi connectivity index (χ4v) is 1.31. The largest absolute Gasteiger partial charge is 0.349 e. The van der Waals surface area contributed by atoms with Gasteiger partial charge in [-0.1, -0.05) is 0 Å². The normalized spacial score (nSPS) is 14.1. The Labute approximate surface area is 100 Å². The first kappa shape index (κ1) is 12.9. The monoisotopic (exact) mass is 242 g/mol. The van der Waals surface area contributed by atoms with E-state index in [-0.39, 0.29) is 18.3 Å². The van der Waals surface area contributed by atoms with Crippen molar-refractivity contribution >= 4 is 18.3 Å². The molecule has 0 saturated heterocycles. The second-order valence-corrected chi connectivity index (χ2v) is 3.62. The Kier molecular flexibility index (Phi) is 4.64. The summed E-state index contributed by atoms with van der Waals surface area (Å²) in [5.41, 5.74) is 5.73. The molecule has 0 unspecified atom stereocenters. The molecule has 3 N–H and O–H groups in total. The Bertz CT molecular complexity index is 368. The average molecular weight is 243 g/mol. The topological polar surface area (TPSA) is 80.9 Å². The quantitative estimate of drug-likeness (QED) is 0.804. The van der Waals surface area contributed by atoms with Crippen LogP contribution in [0, 0.1) is 0 Å². The number of nitrogens with one attached hydrogen (secondary N) is 1. The Hall–Kier alpha value is -1.20. The minimum absolute atomic E-state index is 0. The Morgan fingerprint density at radius 3 is 2.94 bits per heavy atom. The first-order valence-electron chi connectivity index (χ1n) is 5.12. The van der Waals surface area contributed by atoms with Gasteiger partial charge < -0.3 is 11.1 Å². The smallest absolute Gasteiger partial charge is 0.270 e. The molecule has 0 radical (unpaired) electrons. The Balaban J connectivity index is 0.00000128. The molecule has 1 aromatic heterocycles. The van der Waals surface area contributed by atoms with Crippen molar-refractivity contribution in [2.24, 2.45) is 5.73 Å². The SMILES string of the molecule is Cl.NCCNC(=O)c1ccnc(C2CC2)n1. The highest BCUT2D eigenvalue weighted by molar-refractivity contribution is 5.92. The van der Waals surface area contributed by atoms with Crippen LogP contribution < -0.4 is 11.1 Å². The molecule has 16 heavy (non-hydrogen) atoms. The van der Waals surface area contributed by atoms with Gasteiger partial charge in [0.1, 0.15) is 11.5 Å². The predicted octanol–water partition coefficient (Wildman–Crippen LogP) is 0.464. The van der Waals surface area contributed by atoms with Crippen molar-refractivity contribution < 1.29 is 4.79 Å². The highest BCUT2D eigenvalue weighted by Gasteiger charge is 2.26. The van der Waals surface area contributed by atoms with Gasteiger partial charge in [0.05, 0.1) is 0 Å². The van der Waals surface area contributed by atoms with Crippen LogP contribution in [-0.2, 0) is 0 Å². The van der Waals surface area contributed by atoms with Gasteiger partial charge in [0.25, 0.3) is 5.91 Å². The second-order valence-electron chi connectivity index (χ2n) is 3.62.